The van der Waals surface area contributed by atoms with Gasteiger partial charge in [0.15, 0.2) is 11.5 Å². The molecule has 1 heterocycles. The molecule has 2 aromatic rings. The molecule has 0 aromatic heterocycles. The Bertz CT molecular complexity index is 812. The van der Waals surface area contributed by atoms with Gasteiger partial charge in [-0.1, -0.05) is 11.6 Å². The van der Waals surface area contributed by atoms with E-state index in [2.05, 4.69) is 5.32 Å². The van der Waals surface area contributed by atoms with Crippen molar-refractivity contribution in [1.29, 1.82) is 0 Å². The first-order valence-electron chi connectivity index (χ1n) is 7.58. The van der Waals surface area contributed by atoms with E-state index in [1.54, 1.807) is 12.1 Å². The van der Waals surface area contributed by atoms with Gasteiger partial charge in [-0.3, -0.25) is 4.79 Å². The number of nitrogens with one attached hydrogen (secondary N) is 1. The molecule has 0 aliphatic carbocycles. The molecule has 2 aromatic carbocycles. The lowest BCUT2D eigenvalue weighted by molar-refractivity contribution is -0.0328. The molecule has 1 aliphatic heterocycles. The molecule has 3 rings (SSSR count). The van der Waals surface area contributed by atoms with Gasteiger partial charge in [0.2, 0.25) is 0 Å². The number of benzene rings is 2. The maximum Gasteiger partial charge on any atom is 0.446 e. The van der Waals surface area contributed by atoms with Crippen molar-refractivity contribution >= 4 is 35.0 Å². The van der Waals surface area contributed by atoms with Crippen LogP contribution in [-0.2, 0) is 0 Å². The van der Waals surface area contributed by atoms with E-state index in [9.17, 15) is 18.0 Å². The standard InChI is InChI=1S/C17H13ClF3NO3S/c18-12-8-14-15(25-7-1-6-24-14)9-13(12)22-16(23)10-2-4-11(5-3-10)26-17(19,20)21/h2-5,8-9H,1,6-7H2,(H,22,23). The number of fused-ring (bicyclic) bond motifs is 1. The van der Waals surface area contributed by atoms with E-state index in [1.807, 2.05) is 0 Å². The first-order chi connectivity index (χ1) is 12.3. The number of amides is 1. The van der Waals surface area contributed by atoms with Crippen LogP contribution in [0.2, 0.25) is 5.02 Å². The number of ether oxygens (including phenoxy) is 2. The van der Waals surface area contributed by atoms with Gasteiger partial charge in [0.05, 0.1) is 23.9 Å². The average molecular weight is 404 g/mol. The number of hydrogen-bond acceptors (Lipinski definition) is 4. The number of hydrogen-bond donors (Lipinski definition) is 1. The Labute approximate surface area is 156 Å². The van der Waals surface area contributed by atoms with Crippen molar-refractivity contribution in [1.82, 2.24) is 0 Å². The van der Waals surface area contributed by atoms with E-state index in [0.717, 1.165) is 6.42 Å². The molecular weight excluding hydrogens is 391 g/mol. The summed E-state index contributed by atoms with van der Waals surface area (Å²) in [6.45, 7) is 0.998. The van der Waals surface area contributed by atoms with E-state index in [-0.39, 0.29) is 27.2 Å². The number of thioether (sulfide) groups is 1. The summed E-state index contributed by atoms with van der Waals surface area (Å²) in [5.74, 6) is 0.475. The van der Waals surface area contributed by atoms with Gasteiger partial charge in [-0.25, -0.2) is 0 Å². The van der Waals surface area contributed by atoms with Crippen molar-refractivity contribution in [3.8, 4) is 11.5 Å². The van der Waals surface area contributed by atoms with Crippen LogP contribution in [0.1, 0.15) is 16.8 Å². The summed E-state index contributed by atoms with van der Waals surface area (Å²) in [6, 6.07) is 8.24. The number of carbonyl (C=O) groups excluding carboxylic acids is 1. The Kier molecular flexibility index (Phi) is 5.52. The quantitative estimate of drug-likeness (QED) is 0.700. The van der Waals surface area contributed by atoms with Gasteiger partial charge < -0.3 is 14.8 Å². The Balaban J connectivity index is 1.74. The summed E-state index contributed by atoms with van der Waals surface area (Å²) in [5, 5.41) is 2.90. The molecule has 0 saturated heterocycles. The average Bonchev–Trinajstić information content (AvgIpc) is 2.79. The second-order valence-electron chi connectivity index (χ2n) is 5.36. The lowest BCUT2D eigenvalue weighted by Crippen LogP contribution is -2.12. The van der Waals surface area contributed by atoms with Crippen LogP contribution >= 0.6 is 23.4 Å². The number of alkyl halides is 3. The predicted molar refractivity (Wildman–Crippen MR) is 93.4 cm³/mol. The van der Waals surface area contributed by atoms with Crippen molar-refractivity contribution in [3.63, 3.8) is 0 Å². The third-order valence-corrected chi connectivity index (χ3v) is 4.49. The molecule has 0 unspecified atom stereocenters. The molecule has 0 spiro atoms. The molecule has 4 nitrogen and oxygen atoms in total. The second kappa shape index (κ2) is 7.67. The maximum absolute atomic E-state index is 12.3. The van der Waals surface area contributed by atoms with E-state index in [4.69, 9.17) is 21.1 Å². The molecule has 0 saturated carbocycles. The highest BCUT2D eigenvalue weighted by atomic mass is 35.5. The highest BCUT2D eigenvalue weighted by Crippen LogP contribution is 2.38. The second-order valence-corrected chi connectivity index (χ2v) is 6.90. The van der Waals surface area contributed by atoms with E-state index in [0.29, 0.717) is 30.4 Å². The summed E-state index contributed by atoms with van der Waals surface area (Å²) in [7, 11) is 0. The van der Waals surface area contributed by atoms with Gasteiger partial charge in [-0.2, -0.15) is 13.2 Å². The number of halogens is 4. The molecule has 0 fully saturated rings. The van der Waals surface area contributed by atoms with Gasteiger partial charge in [0.1, 0.15) is 0 Å². The lowest BCUT2D eigenvalue weighted by Gasteiger charge is -2.13. The first kappa shape index (κ1) is 18.7. The monoisotopic (exact) mass is 403 g/mol. The predicted octanol–water partition coefficient (Wildman–Crippen LogP) is 5.37. The van der Waals surface area contributed by atoms with Crippen LogP contribution in [0.4, 0.5) is 18.9 Å². The molecular formula is C17H13ClF3NO3S. The van der Waals surface area contributed by atoms with Gasteiger partial charge in [-0.05, 0) is 36.0 Å². The first-order valence-corrected chi connectivity index (χ1v) is 8.77. The van der Waals surface area contributed by atoms with Gasteiger partial charge in [-0.15, -0.1) is 0 Å². The third-order valence-electron chi connectivity index (χ3n) is 3.44. The molecule has 0 radical (unpaired) electrons. The number of carbonyl (C=O) groups is 1. The zero-order valence-corrected chi connectivity index (χ0v) is 14.8. The number of anilines is 1. The topological polar surface area (TPSA) is 47.6 Å². The van der Waals surface area contributed by atoms with Crippen LogP contribution in [0.25, 0.3) is 0 Å². The molecule has 1 amide bonds. The highest BCUT2D eigenvalue weighted by molar-refractivity contribution is 8.00. The summed E-state index contributed by atoms with van der Waals surface area (Å²) in [5.41, 5.74) is -3.84. The van der Waals surface area contributed by atoms with E-state index >= 15 is 0 Å². The molecule has 0 bridgehead atoms. The van der Waals surface area contributed by atoms with Gasteiger partial charge in [0.25, 0.3) is 5.91 Å². The molecule has 26 heavy (non-hydrogen) atoms. The Hall–Kier alpha value is -2.06. The maximum atomic E-state index is 12.3. The zero-order valence-electron chi connectivity index (χ0n) is 13.2. The third kappa shape index (κ3) is 4.76. The largest absolute Gasteiger partial charge is 0.490 e. The fourth-order valence-electron chi connectivity index (χ4n) is 2.28. The Morgan fingerprint density at radius 1 is 1.08 bits per heavy atom. The molecule has 0 atom stereocenters. The SMILES string of the molecule is O=C(Nc1cc2c(cc1Cl)OCCCO2)c1ccc(SC(F)(F)F)cc1. The van der Waals surface area contributed by atoms with Crippen LogP contribution < -0.4 is 14.8 Å². The molecule has 138 valence electrons. The zero-order chi connectivity index (χ0) is 18.7. The normalized spacial score (nSPS) is 13.8. The Morgan fingerprint density at radius 2 is 1.69 bits per heavy atom. The lowest BCUT2D eigenvalue weighted by atomic mass is 10.2. The summed E-state index contributed by atoms with van der Waals surface area (Å²) >= 11 is 5.93. The molecule has 9 heteroatoms. The van der Waals surface area contributed by atoms with Gasteiger partial charge >= 0.3 is 5.51 Å². The summed E-state index contributed by atoms with van der Waals surface area (Å²) < 4.78 is 48.1. The smallest absolute Gasteiger partial charge is 0.446 e. The van der Waals surface area contributed by atoms with Crippen molar-refractivity contribution < 1.29 is 27.4 Å². The minimum Gasteiger partial charge on any atom is -0.490 e. The van der Waals surface area contributed by atoms with Crippen molar-refractivity contribution in [2.45, 2.75) is 16.8 Å². The van der Waals surface area contributed by atoms with Crippen LogP contribution in [-0.4, -0.2) is 24.6 Å². The highest BCUT2D eigenvalue weighted by Gasteiger charge is 2.29. The van der Waals surface area contributed by atoms with E-state index in [1.165, 1.54) is 24.3 Å². The minimum absolute atomic E-state index is 0.00246. The fourth-order valence-corrected chi connectivity index (χ4v) is 3.02. The summed E-state index contributed by atoms with van der Waals surface area (Å²) in [4.78, 5) is 12.3. The minimum atomic E-state index is -4.37. The molecule has 1 N–H and O–H groups in total. The van der Waals surface area contributed by atoms with Crippen molar-refractivity contribution in [3.05, 3.63) is 47.0 Å². The van der Waals surface area contributed by atoms with Crippen LogP contribution in [0, 0.1) is 0 Å². The number of rotatable bonds is 3. The van der Waals surface area contributed by atoms with Crippen LogP contribution in [0.3, 0.4) is 0 Å². The van der Waals surface area contributed by atoms with Crippen LogP contribution in [0.5, 0.6) is 11.5 Å². The molecule has 1 aliphatic rings. The fraction of sp³-hybridized carbons (Fsp3) is 0.235. The van der Waals surface area contributed by atoms with Crippen LogP contribution in [0.15, 0.2) is 41.3 Å². The van der Waals surface area contributed by atoms with Crippen molar-refractivity contribution in [2.75, 3.05) is 18.5 Å². The van der Waals surface area contributed by atoms with Crippen molar-refractivity contribution in [2.24, 2.45) is 0 Å². The Morgan fingerprint density at radius 3 is 2.31 bits per heavy atom. The van der Waals surface area contributed by atoms with E-state index < -0.39 is 11.4 Å². The summed E-state index contributed by atoms with van der Waals surface area (Å²) in [6.07, 6.45) is 0.732. The van der Waals surface area contributed by atoms with Gasteiger partial charge in [0, 0.05) is 29.0 Å².